The van der Waals surface area contributed by atoms with Gasteiger partial charge in [0.25, 0.3) is 0 Å². The van der Waals surface area contributed by atoms with E-state index in [1.165, 1.54) is 18.6 Å². The Morgan fingerprint density at radius 1 is 1.44 bits per heavy atom. The second-order valence-electron chi connectivity index (χ2n) is 4.47. The molecule has 0 saturated carbocycles. The van der Waals surface area contributed by atoms with Gasteiger partial charge in [-0.3, -0.25) is 0 Å². The predicted molar refractivity (Wildman–Crippen MR) is 69.7 cm³/mol. The number of benzene rings is 1. The van der Waals surface area contributed by atoms with Crippen LogP contribution in [0.4, 0.5) is 8.78 Å². The Morgan fingerprint density at radius 2 is 2.28 bits per heavy atom. The molecule has 0 bridgehead atoms. The van der Waals surface area contributed by atoms with Crippen LogP contribution in [-0.2, 0) is 0 Å². The fourth-order valence-corrected chi connectivity index (χ4v) is 3.30. The first-order valence-corrected chi connectivity index (χ1v) is 7.17. The van der Waals surface area contributed by atoms with Crippen LogP contribution in [0.5, 0.6) is 0 Å². The first kappa shape index (κ1) is 13.8. The molecule has 1 saturated heterocycles. The number of aliphatic hydroxyl groups excluding tert-OH is 1. The average Bonchev–Trinajstić information content (AvgIpc) is 2.85. The Kier molecular flexibility index (Phi) is 4.97. The van der Waals surface area contributed by atoms with Crippen molar-refractivity contribution in [1.82, 2.24) is 5.32 Å². The first-order valence-electron chi connectivity index (χ1n) is 6.12. The highest BCUT2D eigenvalue weighted by Crippen LogP contribution is 2.25. The summed E-state index contributed by atoms with van der Waals surface area (Å²) in [6, 6.07) is 3.14. The zero-order valence-electron chi connectivity index (χ0n) is 10.0. The van der Waals surface area contributed by atoms with Crippen LogP contribution in [0.1, 0.15) is 24.5 Å². The number of nitrogens with one attached hydrogen (secondary N) is 1. The van der Waals surface area contributed by atoms with Crippen molar-refractivity contribution in [2.24, 2.45) is 0 Å². The summed E-state index contributed by atoms with van der Waals surface area (Å²) in [5.74, 6) is 0.0886. The molecule has 1 fully saturated rings. The lowest BCUT2D eigenvalue weighted by atomic mass is 10.1. The molecule has 5 heteroatoms. The van der Waals surface area contributed by atoms with Crippen LogP contribution in [-0.4, -0.2) is 29.2 Å². The number of halogens is 2. The topological polar surface area (TPSA) is 32.3 Å². The largest absolute Gasteiger partial charge is 0.387 e. The number of aliphatic hydroxyl groups is 1. The van der Waals surface area contributed by atoms with E-state index in [1.807, 2.05) is 11.8 Å². The van der Waals surface area contributed by atoms with Gasteiger partial charge in [0.15, 0.2) is 0 Å². The number of rotatable bonds is 5. The molecule has 0 radical (unpaired) electrons. The molecule has 2 rings (SSSR count). The lowest BCUT2D eigenvalue weighted by molar-refractivity contribution is 0.170. The third kappa shape index (κ3) is 3.67. The lowest BCUT2D eigenvalue weighted by Crippen LogP contribution is -2.28. The Labute approximate surface area is 110 Å². The van der Waals surface area contributed by atoms with Crippen molar-refractivity contribution in [3.8, 4) is 0 Å². The van der Waals surface area contributed by atoms with Crippen LogP contribution < -0.4 is 5.32 Å². The lowest BCUT2D eigenvalue weighted by Gasteiger charge is -2.15. The summed E-state index contributed by atoms with van der Waals surface area (Å²) in [7, 11) is 0. The molecule has 18 heavy (non-hydrogen) atoms. The molecule has 0 amide bonds. The van der Waals surface area contributed by atoms with E-state index < -0.39 is 17.7 Å². The van der Waals surface area contributed by atoms with Gasteiger partial charge in [0.1, 0.15) is 11.6 Å². The summed E-state index contributed by atoms with van der Waals surface area (Å²) in [6.07, 6.45) is 1.41. The van der Waals surface area contributed by atoms with Gasteiger partial charge in [-0.15, -0.1) is 0 Å². The molecule has 0 aromatic heterocycles. The third-order valence-electron chi connectivity index (χ3n) is 3.05. The second kappa shape index (κ2) is 6.50. The summed E-state index contributed by atoms with van der Waals surface area (Å²) in [5.41, 5.74) is 0.0153. The van der Waals surface area contributed by atoms with Crippen LogP contribution in [0.2, 0.25) is 0 Å². The van der Waals surface area contributed by atoms with Gasteiger partial charge in [-0.1, -0.05) is 0 Å². The first-order chi connectivity index (χ1) is 8.66. The summed E-state index contributed by atoms with van der Waals surface area (Å²) >= 11 is 1.92. The Bertz CT molecular complexity index is 397. The van der Waals surface area contributed by atoms with E-state index >= 15 is 0 Å². The minimum atomic E-state index is -1.01. The molecular weight excluding hydrogens is 256 g/mol. The van der Waals surface area contributed by atoms with Crippen LogP contribution >= 0.6 is 11.8 Å². The van der Waals surface area contributed by atoms with Crippen LogP contribution in [0.3, 0.4) is 0 Å². The molecule has 0 aliphatic carbocycles. The summed E-state index contributed by atoms with van der Waals surface area (Å²) in [4.78, 5) is 0. The van der Waals surface area contributed by atoms with Crippen molar-refractivity contribution in [1.29, 1.82) is 0 Å². The number of hydrogen-bond acceptors (Lipinski definition) is 3. The zero-order valence-corrected chi connectivity index (χ0v) is 10.9. The normalized spacial score (nSPS) is 21.2. The SMILES string of the molecule is OC(CNCC1CCCS1)c1cc(F)ccc1F. The van der Waals surface area contributed by atoms with Crippen molar-refractivity contribution >= 4 is 11.8 Å². The van der Waals surface area contributed by atoms with Gasteiger partial charge in [0.2, 0.25) is 0 Å². The van der Waals surface area contributed by atoms with E-state index in [2.05, 4.69) is 5.32 Å². The Balaban J connectivity index is 1.83. The van der Waals surface area contributed by atoms with Crippen molar-refractivity contribution < 1.29 is 13.9 Å². The maximum Gasteiger partial charge on any atom is 0.129 e. The van der Waals surface area contributed by atoms with Crippen LogP contribution in [0.15, 0.2) is 18.2 Å². The van der Waals surface area contributed by atoms with Crippen molar-refractivity contribution in [3.05, 3.63) is 35.4 Å². The van der Waals surface area contributed by atoms with E-state index in [0.29, 0.717) is 5.25 Å². The van der Waals surface area contributed by atoms with Gasteiger partial charge < -0.3 is 10.4 Å². The van der Waals surface area contributed by atoms with Crippen molar-refractivity contribution in [2.75, 3.05) is 18.8 Å². The minimum Gasteiger partial charge on any atom is -0.387 e. The van der Waals surface area contributed by atoms with Gasteiger partial charge >= 0.3 is 0 Å². The Morgan fingerprint density at radius 3 is 3.00 bits per heavy atom. The third-order valence-corrected chi connectivity index (χ3v) is 4.45. The van der Waals surface area contributed by atoms with Gasteiger partial charge in [-0.05, 0) is 36.8 Å². The molecule has 0 spiro atoms. The fraction of sp³-hybridized carbons (Fsp3) is 0.538. The minimum absolute atomic E-state index is 0.0153. The van der Waals surface area contributed by atoms with Crippen LogP contribution in [0.25, 0.3) is 0 Å². The quantitative estimate of drug-likeness (QED) is 0.864. The fourth-order valence-electron chi connectivity index (χ4n) is 2.07. The van der Waals surface area contributed by atoms with Crippen LogP contribution in [0, 0.1) is 11.6 Å². The van der Waals surface area contributed by atoms with Crippen molar-refractivity contribution in [2.45, 2.75) is 24.2 Å². The molecule has 1 aliphatic rings. The standard InChI is InChI=1S/C13H17F2NOS/c14-9-3-4-12(15)11(6-9)13(17)8-16-7-10-2-1-5-18-10/h3-4,6,10,13,16-17H,1-2,5,7-8H2. The van der Waals surface area contributed by atoms with Gasteiger partial charge in [0.05, 0.1) is 6.10 Å². The summed E-state index contributed by atoms with van der Waals surface area (Å²) in [6.45, 7) is 1.05. The number of thioether (sulfide) groups is 1. The van der Waals surface area contributed by atoms with E-state index in [4.69, 9.17) is 0 Å². The van der Waals surface area contributed by atoms with E-state index in [1.54, 1.807) is 0 Å². The average molecular weight is 273 g/mol. The van der Waals surface area contributed by atoms with Gasteiger partial charge in [-0.25, -0.2) is 8.78 Å². The van der Waals surface area contributed by atoms with E-state index in [9.17, 15) is 13.9 Å². The zero-order chi connectivity index (χ0) is 13.0. The molecule has 1 aliphatic heterocycles. The molecular formula is C13H17F2NOS. The molecule has 1 aromatic rings. The monoisotopic (exact) mass is 273 g/mol. The van der Waals surface area contributed by atoms with Gasteiger partial charge in [0, 0.05) is 23.9 Å². The van der Waals surface area contributed by atoms with Gasteiger partial charge in [-0.2, -0.15) is 11.8 Å². The highest BCUT2D eigenvalue weighted by atomic mass is 32.2. The second-order valence-corrected chi connectivity index (χ2v) is 5.88. The molecule has 100 valence electrons. The summed E-state index contributed by atoms with van der Waals surface area (Å²) in [5, 5.41) is 13.5. The smallest absolute Gasteiger partial charge is 0.129 e. The van der Waals surface area contributed by atoms with E-state index in [-0.39, 0.29) is 12.1 Å². The highest BCUT2D eigenvalue weighted by molar-refractivity contribution is 8.00. The molecule has 2 N–H and O–H groups in total. The molecule has 1 heterocycles. The maximum atomic E-state index is 13.4. The highest BCUT2D eigenvalue weighted by Gasteiger charge is 2.17. The maximum absolute atomic E-state index is 13.4. The molecule has 2 nitrogen and oxygen atoms in total. The molecule has 2 atom stereocenters. The summed E-state index contributed by atoms with van der Waals surface area (Å²) < 4.78 is 26.4. The molecule has 1 aromatic carbocycles. The molecule has 2 unspecified atom stereocenters. The number of hydrogen-bond donors (Lipinski definition) is 2. The predicted octanol–water partition coefficient (Wildman–Crippen LogP) is 2.48. The van der Waals surface area contributed by atoms with E-state index in [0.717, 1.165) is 24.7 Å². The Hall–Kier alpha value is -0.650. The van der Waals surface area contributed by atoms with Crippen molar-refractivity contribution in [3.63, 3.8) is 0 Å².